The molecule has 136 valence electrons. The Kier molecular flexibility index (Phi) is 5.62. The smallest absolute Gasteiger partial charge is 0.261 e. The standard InChI is InChI=1S/C21H17FN2O3/c22-18-11-4-1-7-15(18)8-5-13-23-19(25)12-6-14-24-20(26)16-9-2-3-10-17(16)21(24)27/h1-4,7,9-11H,6,12-14H2,(H,23,25). The Labute approximate surface area is 156 Å². The van der Waals surface area contributed by atoms with Gasteiger partial charge in [-0.1, -0.05) is 36.1 Å². The van der Waals surface area contributed by atoms with Crippen LogP contribution in [0.25, 0.3) is 0 Å². The van der Waals surface area contributed by atoms with E-state index in [9.17, 15) is 18.8 Å². The summed E-state index contributed by atoms with van der Waals surface area (Å²) in [5, 5.41) is 2.61. The van der Waals surface area contributed by atoms with Crippen molar-refractivity contribution < 1.29 is 18.8 Å². The number of halogens is 1. The van der Waals surface area contributed by atoms with Crippen LogP contribution in [0.15, 0.2) is 48.5 Å². The molecule has 2 aromatic carbocycles. The van der Waals surface area contributed by atoms with E-state index in [2.05, 4.69) is 17.2 Å². The van der Waals surface area contributed by atoms with Gasteiger partial charge in [0, 0.05) is 13.0 Å². The Morgan fingerprint density at radius 3 is 2.30 bits per heavy atom. The lowest BCUT2D eigenvalue weighted by Gasteiger charge is -2.13. The largest absolute Gasteiger partial charge is 0.345 e. The van der Waals surface area contributed by atoms with Crippen molar-refractivity contribution in [2.75, 3.05) is 13.1 Å². The highest BCUT2D eigenvalue weighted by molar-refractivity contribution is 6.21. The van der Waals surface area contributed by atoms with Gasteiger partial charge in [-0.3, -0.25) is 19.3 Å². The molecule has 27 heavy (non-hydrogen) atoms. The average molecular weight is 364 g/mol. The maximum absolute atomic E-state index is 13.4. The van der Waals surface area contributed by atoms with Crippen molar-refractivity contribution in [1.29, 1.82) is 0 Å². The zero-order valence-electron chi connectivity index (χ0n) is 14.5. The van der Waals surface area contributed by atoms with Crippen LogP contribution in [0.4, 0.5) is 4.39 Å². The summed E-state index contributed by atoms with van der Waals surface area (Å²) < 4.78 is 13.4. The third-order valence-corrected chi connectivity index (χ3v) is 4.13. The van der Waals surface area contributed by atoms with Gasteiger partial charge in [0.25, 0.3) is 11.8 Å². The summed E-state index contributed by atoms with van der Waals surface area (Å²) in [6.07, 6.45) is 0.521. The number of imide groups is 1. The number of rotatable bonds is 5. The van der Waals surface area contributed by atoms with Gasteiger partial charge in [0.05, 0.1) is 23.2 Å². The van der Waals surface area contributed by atoms with Crippen LogP contribution < -0.4 is 5.32 Å². The zero-order valence-corrected chi connectivity index (χ0v) is 14.5. The van der Waals surface area contributed by atoms with Crippen molar-refractivity contribution in [2.24, 2.45) is 0 Å². The first-order valence-corrected chi connectivity index (χ1v) is 8.53. The fraction of sp³-hybridized carbons (Fsp3) is 0.190. The van der Waals surface area contributed by atoms with Crippen LogP contribution in [0, 0.1) is 17.7 Å². The second-order valence-corrected chi connectivity index (χ2v) is 5.97. The first-order chi connectivity index (χ1) is 13.1. The Morgan fingerprint density at radius 1 is 1.00 bits per heavy atom. The molecule has 0 radical (unpaired) electrons. The van der Waals surface area contributed by atoms with E-state index in [-0.39, 0.29) is 42.8 Å². The number of nitrogens with one attached hydrogen (secondary N) is 1. The zero-order chi connectivity index (χ0) is 19.2. The summed E-state index contributed by atoms with van der Waals surface area (Å²) >= 11 is 0. The molecule has 1 heterocycles. The Hall–Kier alpha value is -3.46. The lowest BCUT2D eigenvalue weighted by molar-refractivity contribution is -0.121. The van der Waals surface area contributed by atoms with E-state index < -0.39 is 5.82 Å². The van der Waals surface area contributed by atoms with E-state index in [0.29, 0.717) is 17.5 Å². The molecule has 3 amide bonds. The first kappa shape index (κ1) is 18.3. The van der Waals surface area contributed by atoms with E-state index in [0.717, 1.165) is 4.90 Å². The number of hydrogen-bond acceptors (Lipinski definition) is 3. The minimum Gasteiger partial charge on any atom is -0.345 e. The van der Waals surface area contributed by atoms with Crippen molar-refractivity contribution in [3.63, 3.8) is 0 Å². The van der Waals surface area contributed by atoms with Crippen molar-refractivity contribution in [3.05, 3.63) is 71.0 Å². The second kappa shape index (κ2) is 8.28. The van der Waals surface area contributed by atoms with Crippen LogP contribution in [-0.2, 0) is 4.79 Å². The van der Waals surface area contributed by atoms with Gasteiger partial charge in [-0.05, 0) is 30.7 Å². The molecule has 1 aliphatic heterocycles. The van der Waals surface area contributed by atoms with Crippen LogP contribution >= 0.6 is 0 Å². The monoisotopic (exact) mass is 364 g/mol. The van der Waals surface area contributed by atoms with Crippen LogP contribution in [0.2, 0.25) is 0 Å². The van der Waals surface area contributed by atoms with E-state index in [1.165, 1.54) is 6.07 Å². The summed E-state index contributed by atoms with van der Waals surface area (Å²) in [5.41, 5.74) is 1.07. The molecule has 0 unspecified atom stereocenters. The Balaban J connectivity index is 1.43. The van der Waals surface area contributed by atoms with Gasteiger partial charge >= 0.3 is 0 Å². The molecule has 3 rings (SSSR count). The molecular formula is C21H17FN2O3. The quantitative estimate of drug-likeness (QED) is 0.654. The Morgan fingerprint density at radius 2 is 1.63 bits per heavy atom. The average Bonchev–Trinajstić information content (AvgIpc) is 2.92. The molecule has 0 fully saturated rings. The number of nitrogens with zero attached hydrogens (tertiary/aromatic N) is 1. The lowest BCUT2D eigenvalue weighted by atomic mass is 10.1. The molecule has 1 aliphatic rings. The summed E-state index contributed by atoms with van der Waals surface area (Å²) in [6, 6.07) is 12.8. The summed E-state index contributed by atoms with van der Waals surface area (Å²) in [5.74, 6) is 4.04. The van der Waals surface area contributed by atoms with Crippen molar-refractivity contribution in [1.82, 2.24) is 10.2 Å². The SMILES string of the molecule is O=C(CCCN1C(=O)c2ccccc2C1=O)NCC#Cc1ccccc1F. The van der Waals surface area contributed by atoms with Gasteiger partial charge in [-0.15, -0.1) is 0 Å². The molecule has 5 nitrogen and oxygen atoms in total. The van der Waals surface area contributed by atoms with Crippen molar-refractivity contribution in [3.8, 4) is 11.8 Å². The highest BCUT2D eigenvalue weighted by Gasteiger charge is 2.34. The van der Waals surface area contributed by atoms with Crippen LogP contribution in [-0.4, -0.2) is 35.7 Å². The normalized spacial score (nSPS) is 12.4. The molecule has 1 N–H and O–H groups in total. The molecule has 0 spiro atoms. The summed E-state index contributed by atoms with van der Waals surface area (Å²) in [6.45, 7) is 0.279. The number of benzene rings is 2. The molecule has 0 saturated heterocycles. The van der Waals surface area contributed by atoms with Gasteiger partial charge in [-0.2, -0.15) is 0 Å². The topological polar surface area (TPSA) is 66.5 Å². The van der Waals surface area contributed by atoms with E-state index >= 15 is 0 Å². The molecule has 0 saturated carbocycles. The fourth-order valence-electron chi connectivity index (χ4n) is 2.77. The van der Waals surface area contributed by atoms with Crippen molar-refractivity contribution >= 4 is 17.7 Å². The van der Waals surface area contributed by atoms with Crippen molar-refractivity contribution in [2.45, 2.75) is 12.8 Å². The number of amides is 3. The van der Waals surface area contributed by atoms with Crippen LogP contribution in [0.1, 0.15) is 39.1 Å². The molecule has 0 aliphatic carbocycles. The number of hydrogen-bond donors (Lipinski definition) is 1. The number of carbonyl (C=O) groups excluding carboxylic acids is 3. The third kappa shape index (κ3) is 4.21. The minimum atomic E-state index is -0.405. The van der Waals surface area contributed by atoms with Gasteiger partial charge < -0.3 is 5.32 Å². The fourth-order valence-corrected chi connectivity index (χ4v) is 2.77. The highest BCUT2D eigenvalue weighted by Crippen LogP contribution is 2.22. The van der Waals surface area contributed by atoms with E-state index in [4.69, 9.17) is 0 Å². The molecule has 0 aromatic heterocycles. The van der Waals surface area contributed by atoms with Gasteiger partial charge in [0.2, 0.25) is 5.91 Å². The molecule has 0 atom stereocenters. The lowest BCUT2D eigenvalue weighted by Crippen LogP contribution is -2.32. The number of carbonyl (C=O) groups is 3. The molecular weight excluding hydrogens is 347 g/mol. The highest BCUT2D eigenvalue weighted by atomic mass is 19.1. The maximum atomic E-state index is 13.4. The minimum absolute atomic E-state index is 0.0974. The van der Waals surface area contributed by atoms with Gasteiger partial charge in [0.15, 0.2) is 0 Å². The third-order valence-electron chi connectivity index (χ3n) is 4.13. The molecule has 2 aromatic rings. The predicted octanol–water partition coefficient (Wildman–Crippen LogP) is 2.37. The molecule has 0 bridgehead atoms. The van der Waals surface area contributed by atoms with Crippen LogP contribution in [0.3, 0.4) is 0 Å². The Bertz CT molecular complexity index is 924. The number of fused-ring (bicyclic) bond motifs is 1. The second-order valence-electron chi connectivity index (χ2n) is 5.97. The summed E-state index contributed by atoms with van der Waals surface area (Å²) in [7, 11) is 0. The summed E-state index contributed by atoms with van der Waals surface area (Å²) in [4.78, 5) is 37.4. The van der Waals surface area contributed by atoms with Gasteiger partial charge in [0.1, 0.15) is 5.82 Å². The van der Waals surface area contributed by atoms with Crippen LogP contribution in [0.5, 0.6) is 0 Å². The first-order valence-electron chi connectivity index (χ1n) is 8.53. The molecule has 6 heteroatoms. The maximum Gasteiger partial charge on any atom is 0.261 e. The predicted molar refractivity (Wildman–Crippen MR) is 97.3 cm³/mol. The van der Waals surface area contributed by atoms with Gasteiger partial charge in [-0.25, -0.2) is 4.39 Å². The van der Waals surface area contributed by atoms with E-state index in [1.807, 2.05) is 0 Å². The van der Waals surface area contributed by atoms with E-state index in [1.54, 1.807) is 42.5 Å².